The van der Waals surface area contributed by atoms with Gasteiger partial charge < -0.3 is 11.1 Å². The highest BCUT2D eigenvalue weighted by molar-refractivity contribution is 5.80. The summed E-state index contributed by atoms with van der Waals surface area (Å²) in [6.07, 6.45) is 0. The molecule has 9 nitrogen and oxygen atoms in total. The van der Waals surface area contributed by atoms with Gasteiger partial charge in [-0.25, -0.2) is 4.79 Å². The summed E-state index contributed by atoms with van der Waals surface area (Å²) < 4.78 is 3.66. The highest BCUT2D eigenvalue weighted by Crippen LogP contribution is 2.16. The summed E-state index contributed by atoms with van der Waals surface area (Å²) in [5.41, 5.74) is 6.82. The second-order valence-electron chi connectivity index (χ2n) is 6.20. The standard InChI is InChI=1S/C17H20N6O3/c1-10-4-6-11(7-5-10)8-19-16-20-14-13(23(16)9-12(18)24)15(25)22(3)17(26)21(14)2/h4-7H,8-9H2,1-3H3,(H2,18,24)(H,19,20). The van der Waals surface area contributed by atoms with Gasteiger partial charge in [0, 0.05) is 20.6 Å². The van der Waals surface area contributed by atoms with Gasteiger partial charge >= 0.3 is 5.69 Å². The molecule has 0 radical (unpaired) electrons. The summed E-state index contributed by atoms with van der Waals surface area (Å²) in [6.45, 7) is 2.22. The Labute approximate surface area is 148 Å². The highest BCUT2D eigenvalue weighted by atomic mass is 16.2. The number of carbonyl (C=O) groups excluding carboxylic acids is 1. The summed E-state index contributed by atoms with van der Waals surface area (Å²) in [5.74, 6) is -0.309. The van der Waals surface area contributed by atoms with E-state index >= 15 is 0 Å². The second kappa shape index (κ2) is 6.51. The third-order valence-electron chi connectivity index (χ3n) is 4.23. The first kappa shape index (κ1) is 17.5. The number of hydrogen-bond donors (Lipinski definition) is 2. The Balaban J connectivity index is 2.11. The van der Waals surface area contributed by atoms with Gasteiger partial charge in [0.1, 0.15) is 6.54 Å². The number of carbonyl (C=O) groups is 1. The quantitative estimate of drug-likeness (QED) is 0.659. The third kappa shape index (κ3) is 2.99. The van der Waals surface area contributed by atoms with Gasteiger partial charge in [-0.15, -0.1) is 0 Å². The van der Waals surface area contributed by atoms with Gasteiger partial charge in [0.05, 0.1) is 0 Å². The molecule has 3 rings (SSSR count). The Morgan fingerprint density at radius 3 is 2.42 bits per heavy atom. The molecule has 0 aliphatic heterocycles. The normalized spacial score (nSPS) is 11.0. The first-order valence-electron chi connectivity index (χ1n) is 8.03. The molecule has 3 N–H and O–H groups in total. The number of rotatable bonds is 5. The number of nitrogens with two attached hydrogens (primary N) is 1. The minimum atomic E-state index is -0.612. The molecule has 0 bridgehead atoms. The maximum atomic E-state index is 12.5. The lowest BCUT2D eigenvalue weighted by Crippen LogP contribution is -2.38. The summed E-state index contributed by atoms with van der Waals surface area (Å²) in [4.78, 5) is 40.5. The van der Waals surface area contributed by atoms with Crippen LogP contribution in [0.4, 0.5) is 5.95 Å². The van der Waals surface area contributed by atoms with Crippen molar-refractivity contribution in [2.45, 2.75) is 20.0 Å². The number of primary amides is 1. The molecule has 3 aromatic rings. The lowest BCUT2D eigenvalue weighted by molar-refractivity contribution is -0.118. The lowest BCUT2D eigenvalue weighted by atomic mass is 10.1. The average molecular weight is 356 g/mol. The highest BCUT2D eigenvalue weighted by Gasteiger charge is 2.20. The van der Waals surface area contributed by atoms with E-state index in [4.69, 9.17) is 5.73 Å². The summed E-state index contributed by atoms with van der Waals surface area (Å²) >= 11 is 0. The molecular formula is C17H20N6O3. The van der Waals surface area contributed by atoms with Crippen molar-refractivity contribution in [2.24, 2.45) is 19.8 Å². The van der Waals surface area contributed by atoms with Crippen molar-refractivity contribution in [1.29, 1.82) is 0 Å². The van der Waals surface area contributed by atoms with Crippen LogP contribution in [0.3, 0.4) is 0 Å². The van der Waals surface area contributed by atoms with Crippen molar-refractivity contribution in [2.75, 3.05) is 5.32 Å². The molecule has 136 valence electrons. The van der Waals surface area contributed by atoms with E-state index < -0.39 is 17.2 Å². The van der Waals surface area contributed by atoms with Gasteiger partial charge in [0.15, 0.2) is 11.2 Å². The van der Waals surface area contributed by atoms with Gasteiger partial charge in [-0.1, -0.05) is 29.8 Å². The number of nitrogens with one attached hydrogen (secondary N) is 1. The zero-order valence-corrected chi connectivity index (χ0v) is 14.8. The van der Waals surface area contributed by atoms with Crippen LogP contribution in [0.25, 0.3) is 11.2 Å². The SMILES string of the molecule is Cc1ccc(CNc2nc3c(c(=O)n(C)c(=O)n3C)n2CC(N)=O)cc1. The van der Waals surface area contributed by atoms with Crippen LogP contribution >= 0.6 is 0 Å². The molecule has 0 saturated carbocycles. The van der Waals surface area contributed by atoms with Crippen molar-refractivity contribution < 1.29 is 4.79 Å². The van der Waals surface area contributed by atoms with E-state index in [9.17, 15) is 14.4 Å². The van der Waals surface area contributed by atoms with Crippen LogP contribution in [0.2, 0.25) is 0 Å². The van der Waals surface area contributed by atoms with Crippen LogP contribution in [0.15, 0.2) is 33.9 Å². The number of imidazole rings is 1. The third-order valence-corrected chi connectivity index (χ3v) is 4.23. The Hall–Kier alpha value is -3.36. The smallest absolute Gasteiger partial charge is 0.332 e. The Bertz CT molecular complexity index is 1100. The lowest BCUT2D eigenvalue weighted by Gasteiger charge is -2.09. The topological polar surface area (TPSA) is 117 Å². The monoisotopic (exact) mass is 356 g/mol. The number of aryl methyl sites for hydroxylation is 2. The van der Waals surface area contributed by atoms with Crippen molar-refractivity contribution in [3.05, 3.63) is 56.2 Å². The summed E-state index contributed by atoms with van der Waals surface area (Å²) in [6, 6.07) is 7.92. The predicted molar refractivity (Wildman–Crippen MR) is 97.9 cm³/mol. The molecule has 26 heavy (non-hydrogen) atoms. The Morgan fingerprint density at radius 2 is 1.81 bits per heavy atom. The molecule has 0 spiro atoms. The first-order valence-corrected chi connectivity index (χ1v) is 8.03. The average Bonchev–Trinajstić information content (AvgIpc) is 2.95. The van der Waals surface area contributed by atoms with E-state index in [1.807, 2.05) is 31.2 Å². The molecule has 0 aliphatic carbocycles. The van der Waals surface area contributed by atoms with Gasteiger partial charge in [-0.3, -0.25) is 23.3 Å². The number of aromatic nitrogens is 4. The van der Waals surface area contributed by atoms with Crippen LogP contribution in [-0.2, 0) is 32.0 Å². The van der Waals surface area contributed by atoms with Gasteiger partial charge in [-0.2, -0.15) is 4.98 Å². The molecule has 1 amide bonds. The summed E-state index contributed by atoms with van der Waals surface area (Å²) in [7, 11) is 2.90. The first-order chi connectivity index (χ1) is 12.3. The van der Waals surface area contributed by atoms with E-state index in [0.29, 0.717) is 12.5 Å². The maximum absolute atomic E-state index is 12.5. The second-order valence-corrected chi connectivity index (χ2v) is 6.20. The maximum Gasteiger partial charge on any atom is 0.332 e. The number of fused-ring (bicyclic) bond motifs is 1. The fourth-order valence-electron chi connectivity index (χ4n) is 2.78. The Morgan fingerprint density at radius 1 is 1.15 bits per heavy atom. The number of amides is 1. The van der Waals surface area contributed by atoms with E-state index in [-0.39, 0.29) is 17.7 Å². The number of benzene rings is 1. The van der Waals surface area contributed by atoms with E-state index in [0.717, 1.165) is 15.7 Å². The van der Waals surface area contributed by atoms with Crippen LogP contribution < -0.4 is 22.3 Å². The van der Waals surface area contributed by atoms with E-state index in [1.54, 1.807) is 0 Å². The Kier molecular flexibility index (Phi) is 4.37. The van der Waals surface area contributed by atoms with Crippen molar-refractivity contribution in [3.63, 3.8) is 0 Å². The van der Waals surface area contributed by atoms with E-state index in [1.165, 1.54) is 23.2 Å². The van der Waals surface area contributed by atoms with E-state index in [2.05, 4.69) is 10.3 Å². The molecular weight excluding hydrogens is 336 g/mol. The molecule has 0 unspecified atom stereocenters. The number of hydrogen-bond acceptors (Lipinski definition) is 5. The molecule has 0 aliphatic rings. The summed E-state index contributed by atoms with van der Waals surface area (Å²) in [5, 5.41) is 3.12. The molecule has 0 atom stereocenters. The fraction of sp³-hybridized carbons (Fsp3) is 0.294. The van der Waals surface area contributed by atoms with Gasteiger partial charge in [-0.05, 0) is 12.5 Å². The molecule has 0 fully saturated rings. The fourth-order valence-corrected chi connectivity index (χ4v) is 2.78. The molecule has 9 heteroatoms. The van der Waals surface area contributed by atoms with Crippen LogP contribution in [0, 0.1) is 6.92 Å². The molecule has 2 heterocycles. The largest absolute Gasteiger partial charge is 0.368 e. The molecule has 0 saturated heterocycles. The number of anilines is 1. The molecule has 1 aromatic carbocycles. The van der Waals surface area contributed by atoms with Crippen molar-refractivity contribution in [1.82, 2.24) is 18.7 Å². The zero-order valence-electron chi connectivity index (χ0n) is 14.8. The van der Waals surface area contributed by atoms with Crippen LogP contribution in [0.1, 0.15) is 11.1 Å². The minimum absolute atomic E-state index is 0.153. The van der Waals surface area contributed by atoms with Crippen LogP contribution in [0.5, 0.6) is 0 Å². The zero-order chi connectivity index (χ0) is 19.0. The minimum Gasteiger partial charge on any atom is -0.368 e. The predicted octanol–water partition coefficient (Wildman–Crippen LogP) is -0.160. The van der Waals surface area contributed by atoms with Crippen molar-refractivity contribution in [3.8, 4) is 0 Å². The number of nitrogens with zero attached hydrogens (tertiary/aromatic N) is 4. The van der Waals surface area contributed by atoms with Crippen LogP contribution in [-0.4, -0.2) is 24.6 Å². The van der Waals surface area contributed by atoms with Gasteiger partial charge in [0.2, 0.25) is 11.9 Å². The van der Waals surface area contributed by atoms with Crippen molar-refractivity contribution >= 4 is 23.0 Å². The van der Waals surface area contributed by atoms with Gasteiger partial charge in [0.25, 0.3) is 5.56 Å². The molecule has 2 aromatic heterocycles.